The fourth-order valence-electron chi connectivity index (χ4n) is 2.62. The predicted molar refractivity (Wildman–Crippen MR) is 102 cm³/mol. The van der Waals surface area contributed by atoms with Crippen molar-refractivity contribution in [3.8, 4) is 11.6 Å². The molecule has 2 heterocycles. The van der Waals surface area contributed by atoms with Gasteiger partial charge >= 0.3 is 0 Å². The summed E-state index contributed by atoms with van der Waals surface area (Å²) < 4.78 is 5.61. The number of benzene rings is 1. The second kappa shape index (κ2) is 10.9. The van der Waals surface area contributed by atoms with E-state index < -0.39 is 0 Å². The van der Waals surface area contributed by atoms with Crippen LogP contribution in [0, 0.1) is 5.92 Å². The number of ether oxygens (including phenoxy) is 1. The number of anilines is 1. The maximum Gasteiger partial charge on any atom is 0.238 e. The van der Waals surface area contributed by atoms with Gasteiger partial charge in [-0.15, -0.1) is 29.9 Å². The van der Waals surface area contributed by atoms with E-state index in [1.165, 1.54) is 0 Å². The topological polar surface area (TPSA) is 76.1 Å². The molecular formula is C17H22Cl2N4O2. The molecule has 2 aromatic rings. The number of aromatic nitrogens is 2. The summed E-state index contributed by atoms with van der Waals surface area (Å²) in [7, 11) is 0. The van der Waals surface area contributed by atoms with E-state index in [1.807, 2.05) is 18.2 Å². The molecule has 25 heavy (non-hydrogen) atoms. The lowest BCUT2D eigenvalue weighted by molar-refractivity contribution is -0.116. The molecule has 3 rings (SSSR count). The summed E-state index contributed by atoms with van der Waals surface area (Å²) in [5, 5.41) is 13.9. The number of carbonyl (C=O) groups excluding carboxylic acids is 1. The Bertz CT molecular complexity index is 652. The molecule has 0 bridgehead atoms. The van der Waals surface area contributed by atoms with Crippen molar-refractivity contribution in [3.63, 3.8) is 0 Å². The zero-order valence-electron chi connectivity index (χ0n) is 13.7. The molecule has 1 unspecified atom stereocenters. The third kappa shape index (κ3) is 6.86. The predicted octanol–water partition coefficient (Wildman–Crippen LogP) is 3.44. The quantitative estimate of drug-likeness (QED) is 0.797. The first-order valence-corrected chi connectivity index (χ1v) is 7.86. The minimum absolute atomic E-state index is 0. The lowest BCUT2D eigenvalue weighted by Crippen LogP contribution is -2.15. The van der Waals surface area contributed by atoms with Gasteiger partial charge in [-0.3, -0.25) is 4.79 Å². The molecule has 1 fully saturated rings. The molecule has 6 nitrogen and oxygen atoms in total. The summed E-state index contributed by atoms with van der Waals surface area (Å²) in [5.74, 6) is 1.69. The molecule has 0 saturated carbocycles. The molecule has 136 valence electrons. The highest BCUT2D eigenvalue weighted by molar-refractivity contribution is 5.90. The van der Waals surface area contributed by atoms with Crippen LogP contribution in [0.15, 0.2) is 42.6 Å². The van der Waals surface area contributed by atoms with E-state index in [4.69, 9.17) is 4.74 Å². The molecule has 1 saturated heterocycles. The van der Waals surface area contributed by atoms with Crippen LogP contribution in [0.4, 0.5) is 5.69 Å². The number of nitrogens with zero attached hydrogens (tertiary/aromatic N) is 2. The highest BCUT2D eigenvalue weighted by Crippen LogP contribution is 2.22. The normalized spacial score (nSPS) is 15.6. The molecule has 1 atom stereocenters. The van der Waals surface area contributed by atoms with E-state index in [1.54, 1.807) is 24.4 Å². The van der Waals surface area contributed by atoms with Gasteiger partial charge in [-0.2, -0.15) is 5.10 Å². The molecule has 0 aliphatic carbocycles. The van der Waals surface area contributed by atoms with E-state index in [2.05, 4.69) is 20.8 Å². The maximum atomic E-state index is 12.0. The first-order valence-electron chi connectivity index (χ1n) is 7.86. The van der Waals surface area contributed by atoms with Gasteiger partial charge in [0.05, 0.1) is 0 Å². The van der Waals surface area contributed by atoms with Gasteiger partial charge in [-0.25, -0.2) is 0 Å². The number of halogens is 2. The van der Waals surface area contributed by atoms with E-state index >= 15 is 0 Å². The third-order valence-corrected chi connectivity index (χ3v) is 3.83. The summed E-state index contributed by atoms with van der Waals surface area (Å²) in [6.45, 7) is 2.09. The monoisotopic (exact) mass is 384 g/mol. The third-order valence-electron chi connectivity index (χ3n) is 3.83. The van der Waals surface area contributed by atoms with Crippen molar-refractivity contribution in [1.29, 1.82) is 0 Å². The highest BCUT2D eigenvalue weighted by atomic mass is 35.5. The summed E-state index contributed by atoms with van der Waals surface area (Å²) in [4.78, 5) is 12.0. The lowest BCUT2D eigenvalue weighted by Gasteiger charge is -2.10. The van der Waals surface area contributed by atoms with Crippen LogP contribution in [-0.2, 0) is 4.79 Å². The molecule has 2 N–H and O–H groups in total. The first-order chi connectivity index (χ1) is 11.3. The number of carbonyl (C=O) groups is 1. The van der Waals surface area contributed by atoms with Crippen molar-refractivity contribution in [2.45, 2.75) is 19.3 Å². The van der Waals surface area contributed by atoms with Crippen molar-refractivity contribution in [1.82, 2.24) is 15.5 Å². The van der Waals surface area contributed by atoms with Crippen molar-refractivity contribution in [2.75, 3.05) is 18.4 Å². The van der Waals surface area contributed by atoms with Crippen LogP contribution in [0.25, 0.3) is 0 Å². The summed E-state index contributed by atoms with van der Waals surface area (Å²) >= 11 is 0. The molecule has 0 radical (unpaired) electrons. The van der Waals surface area contributed by atoms with Gasteiger partial charge in [0, 0.05) is 30.4 Å². The molecule has 1 aliphatic rings. The maximum absolute atomic E-state index is 12.0. The van der Waals surface area contributed by atoms with Crippen LogP contribution in [0.3, 0.4) is 0 Å². The van der Waals surface area contributed by atoms with Crippen LogP contribution in [0.2, 0.25) is 0 Å². The van der Waals surface area contributed by atoms with Crippen LogP contribution in [-0.4, -0.2) is 29.2 Å². The average Bonchev–Trinajstić information content (AvgIpc) is 3.08. The largest absolute Gasteiger partial charge is 0.437 e. The Balaban J connectivity index is 0.00000156. The molecule has 0 spiro atoms. The average molecular weight is 385 g/mol. The standard InChI is InChI=1S/C17H20N4O2.2ClH/c22-16(7-6-13-8-10-18-12-13)20-14-3-1-4-15(11-14)23-17-5-2-9-19-21-17;;/h1-5,9,11,13,18H,6-8,10,12H2,(H,20,22);2*1H. The fourth-order valence-corrected chi connectivity index (χ4v) is 2.62. The van der Waals surface area contributed by atoms with E-state index in [0.717, 1.165) is 31.6 Å². The summed E-state index contributed by atoms with van der Waals surface area (Å²) in [6.07, 6.45) is 4.22. The second-order valence-corrected chi connectivity index (χ2v) is 5.64. The van der Waals surface area contributed by atoms with Crippen molar-refractivity contribution < 1.29 is 9.53 Å². The molecular weight excluding hydrogens is 363 g/mol. The van der Waals surface area contributed by atoms with E-state index in [0.29, 0.717) is 24.0 Å². The molecule has 1 aromatic heterocycles. The Morgan fingerprint density at radius 3 is 2.88 bits per heavy atom. The van der Waals surface area contributed by atoms with Crippen molar-refractivity contribution >= 4 is 36.4 Å². The van der Waals surface area contributed by atoms with Gasteiger partial charge in [-0.1, -0.05) is 6.07 Å². The Morgan fingerprint density at radius 2 is 2.16 bits per heavy atom. The van der Waals surface area contributed by atoms with Gasteiger partial charge in [-0.05, 0) is 50.0 Å². The number of amides is 1. The number of rotatable bonds is 6. The van der Waals surface area contributed by atoms with Crippen LogP contribution in [0.5, 0.6) is 11.6 Å². The smallest absolute Gasteiger partial charge is 0.238 e. The lowest BCUT2D eigenvalue weighted by atomic mass is 10.0. The minimum Gasteiger partial charge on any atom is -0.437 e. The Morgan fingerprint density at radius 1 is 1.28 bits per heavy atom. The van der Waals surface area contributed by atoms with Gasteiger partial charge in [0.1, 0.15) is 5.75 Å². The van der Waals surface area contributed by atoms with Crippen LogP contribution < -0.4 is 15.4 Å². The SMILES string of the molecule is Cl.Cl.O=C(CCC1CCNC1)Nc1cccc(Oc2cccnn2)c1. The summed E-state index contributed by atoms with van der Waals surface area (Å²) in [5.41, 5.74) is 0.723. The highest BCUT2D eigenvalue weighted by Gasteiger charge is 2.15. The van der Waals surface area contributed by atoms with E-state index in [9.17, 15) is 4.79 Å². The number of hydrogen-bond donors (Lipinski definition) is 2. The van der Waals surface area contributed by atoms with Gasteiger partial charge < -0.3 is 15.4 Å². The first kappa shape index (κ1) is 21.2. The van der Waals surface area contributed by atoms with Crippen LogP contribution >= 0.6 is 24.8 Å². The molecule has 8 heteroatoms. The zero-order valence-corrected chi connectivity index (χ0v) is 15.3. The van der Waals surface area contributed by atoms with Gasteiger partial charge in [0.15, 0.2) is 0 Å². The molecule has 1 aromatic carbocycles. The number of hydrogen-bond acceptors (Lipinski definition) is 5. The van der Waals surface area contributed by atoms with Gasteiger partial charge in [0.25, 0.3) is 0 Å². The van der Waals surface area contributed by atoms with E-state index in [-0.39, 0.29) is 30.7 Å². The molecule has 1 aliphatic heterocycles. The Labute approximate surface area is 159 Å². The summed E-state index contributed by atoms with van der Waals surface area (Å²) in [6, 6.07) is 10.8. The van der Waals surface area contributed by atoms with Crippen molar-refractivity contribution in [3.05, 3.63) is 42.6 Å². The Hall–Kier alpha value is -1.89. The number of nitrogens with one attached hydrogen (secondary N) is 2. The van der Waals surface area contributed by atoms with Crippen molar-refractivity contribution in [2.24, 2.45) is 5.92 Å². The van der Waals surface area contributed by atoms with Gasteiger partial charge in [0.2, 0.25) is 11.8 Å². The van der Waals surface area contributed by atoms with Crippen LogP contribution in [0.1, 0.15) is 19.3 Å². The Kier molecular flexibility index (Phi) is 9.20. The minimum atomic E-state index is 0. The molecule has 1 amide bonds. The fraction of sp³-hybridized carbons (Fsp3) is 0.353. The zero-order chi connectivity index (χ0) is 15.9. The second-order valence-electron chi connectivity index (χ2n) is 5.64.